The van der Waals surface area contributed by atoms with Crippen LogP contribution < -0.4 is 11.5 Å². The lowest BCUT2D eigenvalue weighted by molar-refractivity contribution is 0.476. The van der Waals surface area contributed by atoms with E-state index in [0.717, 1.165) is 6.07 Å². The van der Waals surface area contributed by atoms with Crippen LogP contribution in [-0.4, -0.2) is 23.2 Å². The lowest BCUT2D eigenvalue weighted by atomic mass is 10.2. The average Bonchev–Trinajstić information content (AvgIpc) is 2.68. The van der Waals surface area contributed by atoms with Crippen molar-refractivity contribution in [3.8, 4) is 11.5 Å². The van der Waals surface area contributed by atoms with E-state index >= 15 is 0 Å². The SMILES string of the molecule is Nc1c(N=Nc2ccccc2O)cc(S(=O)(=O)O)c(N)c1N=Nc1ccccc1O. The zero-order valence-corrected chi connectivity index (χ0v) is 16.0. The molecule has 0 radical (unpaired) electrons. The number of phenols is 2. The molecule has 3 aromatic rings. The van der Waals surface area contributed by atoms with Crippen molar-refractivity contribution < 1.29 is 23.2 Å². The molecule has 0 unspecified atom stereocenters. The van der Waals surface area contributed by atoms with Crippen LogP contribution in [0.5, 0.6) is 11.5 Å². The summed E-state index contributed by atoms with van der Waals surface area (Å²) in [4.78, 5) is -0.700. The molecule has 11 nitrogen and oxygen atoms in total. The van der Waals surface area contributed by atoms with Gasteiger partial charge in [-0.1, -0.05) is 24.3 Å². The molecule has 0 saturated carbocycles. The second-order valence-corrected chi connectivity index (χ2v) is 7.31. The van der Waals surface area contributed by atoms with Crippen LogP contribution in [-0.2, 0) is 10.1 Å². The fourth-order valence-corrected chi connectivity index (χ4v) is 3.01. The van der Waals surface area contributed by atoms with Crippen molar-refractivity contribution in [3.05, 3.63) is 54.6 Å². The fourth-order valence-electron chi connectivity index (χ4n) is 2.38. The number of rotatable bonds is 5. The molecule has 7 N–H and O–H groups in total. The number of aromatic hydroxyl groups is 2. The molecule has 30 heavy (non-hydrogen) atoms. The fraction of sp³-hybridized carbons (Fsp3) is 0. The zero-order chi connectivity index (χ0) is 21.9. The van der Waals surface area contributed by atoms with Crippen LogP contribution in [0.2, 0.25) is 0 Å². The number of anilines is 2. The lowest BCUT2D eigenvalue weighted by Crippen LogP contribution is -2.05. The summed E-state index contributed by atoms with van der Waals surface area (Å²) < 4.78 is 33.0. The van der Waals surface area contributed by atoms with Crippen LogP contribution in [0, 0.1) is 0 Å². The van der Waals surface area contributed by atoms with Crippen molar-refractivity contribution in [1.29, 1.82) is 0 Å². The van der Waals surface area contributed by atoms with Gasteiger partial charge in [0, 0.05) is 0 Å². The van der Waals surface area contributed by atoms with Crippen LogP contribution in [0.1, 0.15) is 0 Å². The van der Waals surface area contributed by atoms with Crippen LogP contribution in [0.25, 0.3) is 0 Å². The van der Waals surface area contributed by atoms with Crippen molar-refractivity contribution >= 4 is 44.2 Å². The van der Waals surface area contributed by atoms with E-state index in [1.54, 1.807) is 24.3 Å². The van der Waals surface area contributed by atoms with Gasteiger partial charge in [-0.2, -0.15) is 8.42 Å². The molecule has 0 heterocycles. The standard InChI is InChI=1S/C18H16N6O5S/c19-16-12(23-21-10-5-1-3-7-13(10)25)9-15(30(27,28)29)17(20)18(16)24-22-11-6-2-4-8-14(11)26/h1-9,25-26H,19-20H2,(H,27,28,29). The van der Waals surface area contributed by atoms with E-state index in [1.807, 2.05) is 0 Å². The highest BCUT2D eigenvalue weighted by Crippen LogP contribution is 2.43. The highest BCUT2D eigenvalue weighted by Gasteiger charge is 2.22. The number of nitrogen functional groups attached to an aromatic ring is 2. The minimum atomic E-state index is -4.76. The van der Waals surface area contributed by atoms with E-state index < -0.39 is 20.7 Å². The van der Waals surface area contributed by atoms with Gasteiger partial charge >= 0.3 is 0 Å². The van der Waals surface area contributed by atoms with Crippen molar-refractivity contribution in [3.63, 3.8) is 0 Å². The predicted molar refractivity (Wildman–Crippen MR) is 110 cm³/mol. The largest absolute Gasteiger partial charge is 0.506 e. The Morgan fingerprint density at radius 1 is 0.700 bits per heavy atom. The number of nitrogens with two attached hydrogens (primary N) is 2. The van der Waals surface area contributed by atoms with Gasteiger partial charge in [0.25, 0.3) is 10.1 Å². The number of phenolic OH excluding ortho intramolecular Hbond substituents is 2. The second kappa shape index (κ2) is 8.14. The molecule has 154 valence electrons. The first kappa shape index (κ1) is 20.7. The summed E-state index contributed by atoms with van der Waals surface area (Å²) in [5.74, 6) is -0.339. The molecule has 0 atom stereocenters. The summed E-state index contributed by atoms with van der Waals surface area (Å²) in [6.45, 7) is 0. The number of para-hydroxylation sites is 2. The van der Waals surface area contributed by atoms with Gasteiger partial charge in [0.05, 0.1) is 11.4 Å². The second-order valence-electron chi connectivity index (χ2n) is 5.92. The summed E-state index contributed by atoms with van der Waals surface area (Å²) in [5, 5.41) is 34.9. The number of hydrogen-bond donors (Lipinski definition) is 5. The molecule has 0 aliphatic heterocycles. The van der Waals surface area contributed by atoms with Gasteiger partial charge in [-0.05, 0) is 30.3 Å². The Morgan fingerprint density at radius 3 is 1.67 bits per heavy atom. The maximum Gasteiger partial charge on any atom is 0.296 e. The van der Waals surface area contributed by atoms with Crippen LogP contribution >= 0.6 is 0 Å². The zero-order valence-electron chi connectivity index (χ0n) is 15.2. The first-order valence-corrected chi connectivity index (χ1v) is 9.71. The predicted octanol–water partition coefficient (Wildman–Crippen LogP) is 4.34. The molecule has 0 amide bonds. The maximum absolute atomic E-state index is 11.7. The Morgan fingerprint density at radius 2 is 1.17 bits per heavy atom. The Balaban J connectivity index is 2.16. The van der Waals surface area contributed by atoms with Crippen LogP contribution in [0.15, 0.2) is 79.9 Å². The van der Waals surface area contributed by atoms with Crippen LogP contribution in [0.3, 0.4) is 0 Å². The molecule has 0 spiro atoms. The first-order valence-electron chi connectivity index (χ1n) is 8.27. The molecule has 0 aliphatic carbocycles. The van der Waals surface area contributed by atoms with Gasteiger partial charge in [0.2, 0.25) is 0 Å². The minimum absolute atomic E-state index is 0.0749. The summed E-state index contributed by atoms with van der Waals surface area (Å²) in [6, 6.07) is 13.0. The Kier molecular flexibility index (Phi) is 5.62. The summed E-state index contributed by atoms with van der Waals surface area (Å²) >= 11 is 0. The van der Waals surface area contributed by atoms with Crippen molar-refractivity contribution in [2.24, 2.45) is 20.5 Å². The van der Waals surface area contributed by atoms with E-state index in [1.165, 1.54) is 24.3 Å². The molecular weight excluding hydrogens is 412 g/mol. The van der Waals surface area contributed by atoms with Gasteiger partial charge in [-0.15, -0.1) is 20.5 Å². The summed E-state index contributed by atoms with van der Waals surface area (Å²) in [5.41, 5.74) is 10.9. The number of nitrogens with zero attached hydrogens (tertiary/aromatic N) is 4. The average molecular weight is 428 g/mol. The van der Waals surface area contributed by atoms with Crippen molar-refractivity contribution in [1.82, 2.24) is 0 Å². The van der Waals surface area contributed by atoms with E-state index in [9.17, 15) is 23.2 Å². The Labute approximate surface area is 170 Å². The van der Waals surface area contributed by atoms with E-state index in [2.05, 4.69) is 20.5 Å². The van der Waals surface area contributed by atoms with Gasteiger partial charge in [0.1, 0.15) is 39.1 Å². The molecule has 0 fully saturated rings. The third-order valence-electron chi connectivity index (χ3n) is 3.88. The molecule has 0 aromatic heterocycles. The van der Waals surface area contributed by atoms with E-state index in [-0.39, 0.29) is 39.9 Å². The highest BCUT2D eigenvalue weighted by atomic mass is 32.2. The Hall–Kier alpha value is -4.03. The third kappa shape index (κ3) is 4.34. The monoisotopic (exact) mass is 428 g/mol. The van der Waals surface area contributed by atoms with Crippen molar-refractivity contribution in [2.75, 3.05) is 11.5 Å². The smallest absolute Gasteiger partial charge is 0.296 e. The third-order valence-corrected chi connectivity index (χ3v) is 4.78. The quantitative estimate of drug-likeness (QED) is 0.226. The van der Waals surface area contributed by atoms with Gasteiger partial charge < -0.3 is 21.7 Å². The normalized spacial score (nSPS) is 12.0. The minimum Gasteiger partial charge on any atom is -0.506 e. The lowest BCUT2D eigenvalue weighted by Gasteiger charge is -2.10. The van der Waals surface area contributed by atoms with Gasteiger partial charge in [-0.3, -0.25) is 4.55 Å². The Bertz CT molecular complexity index is 1270. The molecule has 0 aliphatic rings. The van der Waals surface area contributed by atoms with E-state index in [0.29, 0.717) is 0 Å². The molecule has 3 rings (SSSR count). The summed E-state index contributed by atoms with van der Waals surface area (Å²) in [6.07, 6.45) is 0. The molecule has 0 saturated heterocycles. The molecule has 12 heteroatoms. The molecule has 0 bridgehead atoms. The molecule has 3 aromatic carbocycles. The summed E-state index contributed by atoms with van der Waals surface area (Å²) in [7, 11) is -4.76. The van der Waals surface area contributed by atoms with Gasteiger partial charge in [-0.25, -0.2) is 0 Å². The maximum atomic E-state index is 11.7. The topological polar surface area (TPSA) is 196 Å². The molecular formula is C18H16N6O5S. The highest BCUT2D eigenvalue weighted by molar-refractivity contribution is 7.86. The van der Waals surface area contributed by atoms with E-state index in [4.69, 9.17) is 11.5 Å². The van der Waals surface area contributed by atoms with Gasteiger partial charge in [0.15, 0.2) is 0 Å². The number of hydrogen-bond acceptors (Lipinski definition) is 10. The number of azo groups is 2. The van der Waals surface area contributed by atoms with Crippen molar-refractivity contribution in [2.45, 2.75) is 4.90 Å². The van der Waals surface area contributed by atoms with Crippen LogP contribution in [0.4, 0.5) is 34.1 Å². The first-order chi connectivity index (χ1) is 14.2. The number of benzene rings is 3.